The average Bonchev–Trinajstić information content (AvgIpc) is 2.78. The minimum absolute atomic E-state index is 0.0206. The Morgan fingerprint density at radius 1 is 1.07 bits per heavy atom. The standard InChI is InChI=1S/C22H27N5O3/c1-14(2)19(13-28)26-22-25-18(15-6-5-9-23-12-15)11-21(27-22)24-17-8-7-16(29-3)10-20(17)30-4/h5-12,14,19,28H,13H2,1-4H3,(H2,24,25,26,27)/t19-/m0/s1. The number of rotatable bonds is 9. The highest BCUT2D eigenvalue weighted by molar-refractivity contribution is 5.70. The molecule has 0 aliphatic rings. The van der Waals surface area contributed by atoms with E-state index in [9.17, 15) is 5.11 Å². The monoisotopic (exact) mass is 409 g/mol. The van der Waals surface area contributed by atoms with Crippen molar-refractivity contribution in [3.63, 3.8) is 0 Å². The third-order valence-corrected chi connectivity index (χ3v) is 4.67. The maximum absolute atomic E-state index is 9.69. The van der Waals surface area contributed by atoms with Crippen LogP contribution in [0.1, 0.15) is 13.8 Å². The van der Waals surface area contributed by atoms with E-state index in [1.54, 1.807) is 32.7 Å². The van der Waals surface area contributed by atoms with Gasteiger partial charge in [-0.3, -0.25) is 4.98 Å². The molecule has 8 nitrogen and oxygen atoms in total. The van der Waals surface area contributed by atoms with E-state index in [1.165, 1.54) is 0 Å². The fourth-order valence-corrected chi connectivity index (χ4v) is 2.87. The fourth-order valence-electron chi connectivity index (χ4n) is 2.87. The van der Waals surface area contributed by atoms with Gasteiger partial charge in [-0.25, -0.2) is 4.98 Å². The third-order valence-electron chi connectivity index (χ3n) is 4.67. The summed E-state index contributed by atoms with van der Waals surface area (Å²) >= 11 is 0. The first-order valence-electron chi connectivity index (χ1n) is 9.70. The van der Waals surface area contributed by atoms with Crippen LogP contribution >= 0.6 is 0 Å². The molecule has 2 aromatic heterocycles. The number of hydrogen-bond acceptors (Lipinski definition) is 8. The Labute approximate surface area is 176 Å². The average molecular weight is 409 g/mol. The molecule has 30 heavy (non-hydrogen) atoms. The predicted octanol–water partition coefficient (Wildman–Crippen LogP) is 3.73. The van der Waals surface area contributed by atoms with Gasteiger partial charge in [0.05, 0.1) is 38.2 Å². The molecule has 0 unspecified atom stereocenters. The van der Waals surface area contributed by atoms with Crippen molar-refractivity contribution in [2.75, 3.05) is 31.5 Å². The number of pyridine rings is 1. The second-order valence-electron chi connectivity index (χ2n) is 7.07. The van der Waals surface area contributed by atoms with E-state index in [4.69, 9.17) is 9.47 Å². The van der Waals surface area contributed by atoms with Gasteiger partial charge in [-0.05, 0) is 30.2 Å². The number of methoxy groups -OCH3 is 2. The third kappa shape index (κ3) is 5.15. The number of aromatic nitrogens is 3. The van der Waals surface area contributed by atoms with Crippen molar-refractivity contribution in [1.82, 2.24) is 15.0 Å². The summed E-state index contributed by atoms with van der Waals surface area (Å²) in [5.41, 5.74) is 2.30. The Morgan fingerprint density at radius 2 is 1.90 bits per heavy atom. The maximum atomic E-state index is 9.69. The molecule has 3 N–H and O–H groups in total. The minimum Gasteiger partial charge on any atom is -0.497 e. The Morgan fingerprint density at radius 3 is 2.53 bits per heavy atom. The molecule has 0 fully saturated rings. The first-order chi connectivity index (χ1) is 14.5. The summed E-state index contributed by atoms with van der Waals surface area (Å²) in [5, 5.41) is 16.2. The largest absolute Gasteiger partial charge is 0.497 e. The molecule has 3 aromatic rings. The first-order valence-corrected chi connectivity index (χ1v) is 9.70. The quantitative estimate of drug-likeness (QED) is 0.491. The van der Waals surface area contributed by atoms with E-state index in [-0.39, 0.29) is 18.6 Å². The van der Waals surface area contributed by atoms with Gasteiger partial charge in [0.25, 0.3) is 0 Å². The van der Waals surface area contributed by atoms with Crippen LogP contribution in [0, 0.1) is 5.92 Å². The summed E-state index contributed by atoms with van der Waals surface area (Å²) in [6.07, 6.45) is 3.46. The molecule has 0 bridgehead atoms. The Bertz CT molecular complexity index is 966. The van der Waals surface area contributed by atoms with Gasteiger partial charge in [0.1, 0.15) is 17.3 Å². The van der Waals surface area contributed by atoms with Crippen molar-refractivity contribution in [3.05, 3.63) is 48.8 Å². The van der Waals surface area contributed by atoms with Crippen molar-refractivity contribution in [2.45, 2.75) is 19.9 Å². The molecule has 0 spiro atoms. The zero-order valence-corrected chi connectivity index (χ0v) is 17.6. The lowest BCUT2D eigenvalue weighted by molar-refractivity contribution is 0.248. The van der Waals surface area contributed by atoms with Crippen LogP contribution in [-0.2, 0) is 0 Å². The summed E-state index contributed by atoms with van der Waals surface area (Å²) in [6.45, 7) is 4.04. The minimum atomic E-state index is -0.169. The van der Waals surface area contributed by atoms with E-state index in [2.05, 4.69) is 25.6 Å². The molecule has 0 aliphatic heterocycles. The molecular weight excluding hydrogens is 382 g/mol. The predicted molar refractivity (Wildman–Crippen MR) is 117 cm³/mol. The normalized spacial score (nSPS) is 11.8. The number of aliphatic hydroxyl groups is 1. The molecule has 0 aliphatic carbocycles. The van der Waals surface area contributed by atoms with Gasteiger partial charge in [-0.2, -0.15) is 4.98 Å². The van der Waals surface area contributed by atoms with Crippen LogP contribution in [0.15, 0.2) is 48.8 Å². The highest BCUT2D eigenvalue weighted by Crippen LogP contribution is 2.32. The molecule has 3 rings (SSSR count). The van der Waals surface area contributed by atoms with E-state index >= 15 is 0 Å². The van der Waals surface area contributed by atoms with E-state index in [1.807, 2.05) is 44.2 Å². The van der Waals surface area contributed by atoms with Crippen molar-refractivity contribution in [2.24, 2.45) is 5.92 Å². The molecule has 0 radical (unpaired) electrons. The van der Waals surface area contributed by atoms with Gasteiger partial charge in [-0.1, -0.05) is 13.8 Å². The van der Waals surface area contributed by atoms with Gasteiger partial charge in [-0.15, -0.1) is 0 Å². The van der Waals surface area contributed by atoms with E-state index in [0.29, 0.717) is 29.0 Å². The van der Waals surface area contributed by atoms with Gasteiger partial charge in [0.15, 0.2) is 0 Å². The van der Waals surface area contributed by atoms with Gasteiger partial charge in [0, 0.05) is 30.1 Å². The van der Waals surface area contributed by atoms with Crippen molar-refractivity contribution < 1.29 is 14.6 Å². The Hall–Kier alpha value is -3.39. The molecule has 8 heteroatoms. The highest BCUT2D eigenvalue weighted by Gasteiger charge is 2.16. The summed E-state index contributed by atoms with van der Waals surface area (Å²) in [7, 11) is 3.21. The van der Waals surface area contributed by atoms with Crippen molar-refractivity contribution in [1.29, 1.82) is 0 Å². The lowest BCUT2D eigenvalue weighted by atomic mass is 10.1. The Balaban J connectivity index is 2.00. The summed E-state index contributed by atoms with van der Waals surface area (Å²) < 4.78 is 10.7. The second kappa shape index (κ2) is 9.89. The number of aliphatic hydroxyl groups excluding tert-OH is 1. The van der Waals surface area contributed by atoms with Crippen LogP contribution in [0.5, 0.6) is 11.5 Å². The summed E-state index contributed by atoms with van der Waals surface area (Å²) in [5.74, 6) is 2.52. The van der Waals surface area contributed by atoms with Crippen LogP contribution in [0.2, 0.25) is 0 Å². The molecular formula is C22H27N5O3. The molecule has 158 valence electrons. The van der Waals surface area contributed by atoms with Crippen LogP contribution in [0.3, 0.4) is 0 Å². The van der Waals surface area contributed by atoms with Crippen molar-refractivity contribution >= 4 is 17.5 Å². The Kier molecular flexibility index (Phi) is 7.03. The van der Waals surface area contributed by atoms with Crippen LogP contribution < -0.4 is 20.1 Å². The number of ether oxygens (including phenoxy) is 2. The number of nitrogens with one attached hydrogen (secondary N) is 2. The number of anilines is 3. The molecule has 0 saturated heterocycles. The lowest BCUT2D eigenvalue weighted by Crippen LogP contribution is -2.30. The van der Waals surface area contributed by atoms with E-state index < -0.39 is 0 Å². The molecule has 2 heterocycles. The van der Waals surface area contributed by atoms with E-state index in [0.717, 1.165) is 11.3 Å². The lowest BCUT2D eigenvalue weighted by Gasteiger charge is -2.21. The smallest absolute Gasteiger partial charge is 0.225 e. The van der Waals surface area contributed by atoms with Crippen molar-refractivity contribution in [3.8, 4) is 22.8 Å². The summed E-state index contributed by atoms with van der Waals surface area (Å²) in [4.78, 5) is 13.4. The second-order valence-corrected chi connectivity index (χ2v) is 7.07. The van der Waals surface area contributed by atoms with Crippen LogP contribution in [-0.4, -0.2) is 46.9 Å². The fraction of sp³-hybridized carbons (Fsp3) is 0.318. The number of hydrogen-bond donors (Lipinski definition) is 3. The topological polar surface area (TPSA) is 101 Å². The highest BCUT2D eigenvalue weighted by atomic mass is 16.5. The van der Waals surface area contributed by atoms with Gasteiger partial charge in [0.2, 0.25) is 5.95 Å². The molecule has 1 aromatic carbocycles. The summed E-state index contributed by atoms with van der Waals surface area (Å²) in [6, 6.07) is 11.0. The zero-order valence-electron chi connectivity index (χ0n) is 17.6. The molecule has 0 amide bonds. The maximum Gasteiger partial charge on any atom is 0.225 e. The van der Waals surface area contributed by atoms with Crippen LogP contribution in [0.4, 0.5) is 17.5 Å². The van der Waals surface area contributed by atoms with Crippen LogP contribution in [0.25, 0.3) is 11.3 Å². The molecule has 0 saturated carbocycles. The molecule has 1 atom stereocenters. The number of nitrogens with zero attached hydrogens (tertiary/aromatic N) is 3. The number of benzene rings is 1. The van der Waals surface area contributed by atoms with Gasteiger partial charge >= 0.3 is 0 Å². The SMILES string of the molecule is COc1ccc(Nc2cc(-c3cccnc3)nc(N[C@@H](CO)C(C)C)n2)c(OC)c1. The first kappa shape index (κ1) is 21.3. The zero-order chi connectivity index (χ0) is 21.5. The van der Waals surface area contributed by atoms with Gasteiger partial charge < -0.3 is 25.2 Å².